The highest BCUT2D eigenvalue weighted by Gasteiger charge is 2.36. The van der Waals surface area contributed by atoms with Crippen molar-refractivity contribution in [2.75, 3.05) is 0 Å². The fourth-order valence-corrected chi connectivity index (χ4v) is 7.74. The average Bonchev–Trinajstić information content (AvgIpc) is 2.94. The molecule has 0 aromatic carbocycles. The summed E-state index contributed by atoms with van der Waals surface area (Å²) in [5.74, 6) is 2.41. The Bertz CT molecular complexity index is 625. The zero-order chi connectivity index (χ0) is 24.9. The van der Waals surface area contributed by atoms with Gasteiger partial charge in [-0.15, -0.1) is 0 Å². The number of hydrogen-bond acceptors (Lipinski definition) is 1. The lowest BCUT2D eigenvalue weighted by atomic mass is 9.39. The highest BCUT2D eigenvalue weighted by atomic mass is 16.1. The van der Waals surface area contributed by atoms with E-state index in [2.05, 4.69) is 32.2 Å². The van der Waals surface area contributed by atoms with Crippen LogP contribution in [0.5, 0.6) is 0 Å². The van der Waals surface area contributed by atoms with Gasteiger partial charge >= 0.3 is 0 Å². The van der Waals surface area contributed by atoms with Crippen LogP contribution in [0.3, 0.4) is 0 Å². The number of amides is 1. The molecule has 1 amide bonds. The van der Waals surface area contributed by atoms with Crippen LogP contribution in [-0.2, 0) is 4.79 Å². The smallest absolute Gasteiger partial charge is 0.223 e. The van der Waals surface area contributed by atoms with Crippen molar-refractivity contribution in [3.05, 3.63) is 11.6 Å². The molecule has 0 spiro atoms. The van der Waals surface area contributed by atoms with E-state index in [4.69, 9.17) is 0 Å². The minimum Gasteiger partial charge on any atom is -0.353 e. The van der Waals surface area contributed by atoms with Crippen LogP contribution in [0, 0.1) is 11.8 Å². The molecule has 2 nitrogen and oxygen atoms in total. The standard InChI is InChI=1S/C32H58BNO/c1-4-26-16-12-22-29(23-13-17-26)33-32(3,5-2)28-20-14-18-27(19-15-21-28)31(35)34-30-24-10-8-6-7-9-11-25-30/h16,27-30,33H,4-15,17-25H2,1-3H3,(H,34,35)/b26-16+. The molecule has 1 N–H and O–H groups in total. The molecule has 200 valence electrons. The molecule has 3 aliphatic rings. The molecule has 3 heteroatoms. The molecule has 0 aromatic rings. The summed E-state index contributed by atoms with van der Waals surface area (Å²) >= 11 is 0. The van der Waals surface area contributed by atoms with Crippen molar-refractivity contribution in [2.45, 2.75) is 173 Å². The van der Waals surface area contributed by atoms with E-state index in [0.29, 0.717) is 17.3 Å². The first-order valence-corrected chi connectivity index (χ1v) is 16.0. The zero-order valence-electron chi connectivity index (χ0n) is 23.9. The summed E-state index contributed by atoms with van der Waals surface area (Å²) in [7, 11) is 1.43. The van der Waals surface area contributed by atoms with Gasteiger partial charge in [0.05, 0.1) is 0 Å². The molecule has 0 saturated heterocycles. The second kappa shape index (κ2) is 15.5. The molecular weight excluding hydrogens is 425 g/mol. The fourth-order valence-electron chi connectivity index (χ4n) is 7.74. The lowest BCUT2D eigenvalue weighted by molar-refractivity contribution is -0.126. The summed E-state index contributed by atoms with van der Waals surface area (Å²) in [6.07, 6.45) is 29.9. The molecule has 2 atom stereocenters. The fraction of sp³-hybridized carbons (Fsp3) is 0.906. The molecule has 3 rings (SSSR count). The van der Waals surface area contributed by atoms with Crippen molar-refractivity contribution < 1.29 is 4.79 Å². The Balaban J connectivity index is 1.48. The van der Waals surface area contributed by atoms with E-state index in [1.54, 1.807) is 5.57 Å². The number of nitrogens with one attached hydrogen (secondary N) is 1. The van der Waals surface area contributed by atoms with Crippen LogP contribution in [0.1, 0.15) is 156 Å². The molecule has 2 fully saturated rings. The highest BCUT2D eigenvalue weighted by Crippen LogP contribution is 2.48. The van der Waals surface area contributed by atoms with E-state index in [9.17, 15) is 4.79 Å². The first kappa shape index (κ1) is 28.8. The predicted octanol–water partition coefficient (Wildman–Crippen LogP) is 9.31. The van der Waals surface area contributed by atoms with Gasteiger partial charge in [0.1, 0.15) is 7.28 Å². The van der Waals surface area contributed by atoms with E-state index >= 15 is 0 Å². The summed E-state index contributed by atoms with van der Waals surface area (Å²) in [6.45, 7) is 7.39. The first-order chi connectivity index (χ1) is 17.0. The van der Waals surface area contributed by atoms with Crippen molar-refractivity contribution >= 4 is 13.2 Å². The van der Waals surface area contributed by atoms with E-state index in [1.807, 2.05) is 0 Å². The minimum atomic E-state index is 0.265. The molecule has 3 aliphatic carbocycles. The molecule has 0 heterocycles. The third-order valence-corrected chi connectivity index (χ3v) is 10.4. The lowest BCUT2D eigenvalue weighted by Crippen LogP contribution is -2.39. The van der Waals surface area contributed by atoms with Crippen molar-refractivity contribution in [2.24, 2.45) is 11.8 Å². The third kappa shape index (κ3) is 9.58. The van der Waals surface area contributed by atoms with E-state index in [0.717, 1.165) is 24.6 Å². The van der Waals surface area contributed by atoms with Crippen LogP contribution in [-0.4, -0.2) is 19.2 Å². The molecule has 0 aromatic heterocycles. The highest BCUT2D eigenvalue weighted by molar-refractivity contribution is 6.42. The summed E-state index contributed by atoms with van der Waals surface area (Å²) < 4.78 is 0. The van der Waals surface area contributed by atoms with Crippen molar-refractivity contribution in [1.29, 1.82) is 0 Å². The number of carbonyl (C=O) groups is 1. The maximum atomic E-state index is 13.2. The quantitative estimate of drug-likeness (QED) is 0.284. The Hall–Kier alpha value is -0.725. The second-order valence-electron chi connectivity index (χ2n) is 12.9. The SMILES string of the molecule is CC/C1=C\CCC(BC(C)(CC)C2CCCC(C(=O)NC3CCCCCCCC3)CCC2)CCC1. The topological polar surface area (TPSA) is 29.1 Å². The first-order valence-electron chi connectivity index (χ1n) is 16.0. The maximum absolute atomic E-state index is 13.2. The van der Waals surface area contributed by atoms with Crippen molar-refractivity contribution in [1.82, 2.24) is 5.32 Å². The summed E-state index contributed by atoms with van der Waals surface area (Å²) in [6, 6.07) is 0.439. The number of allylic oxidation sites excluding steroid dienone is 2. The van der Waals surface area contributed by atoms with Crippen molar-refractivity contribution in [3.63, 3.8) is 0 Å². The Kier molecular flexibility index (Phi) is 12.8. The van der Waals surface area contributed by atoms with Crippen LogP contribution in [0.4, 0.5) is 0 Å². The van der Waals surface area contributed by atoms with Crippen LogP contribution in [0.2, 0.25) is 11.1 Å². The maximum Gasteiger partial charge on any atom is 0.223 e. The van der Waals surface area contributed by atoms with Gasteiger partial charge in [-0.25, -0.2) is 0 Å². The number of rotatable bonds is 7. The summed E-state index contributed by atoms with van der Waals surface area (Å²) in [5.41, 5.74) is 1.70. The minimum absolute atomic E-state index is 0.265. The number of carbonyl (C=O) groups excluding carboxylic acids is 1. The van der Waals surface area contributed by atoms with Gasteiger partial charge in [0.25, 0.3) is 0 Å². The van der Waals surface area contributed by atoms with E-state index in [-0.39, 0.29) is 5.92 Å². The van der Waals surface area contributed by atoms with E-state index in [1.165, 1.54) is 129 Å². The molecular formula is C32H58BNO. The van der Waals surface area contributed by atoms with Gasteiger partial charge in [-0.3, -0.25) is 4.79 Å². The number of hydrogen-bond donors (Lipinski definition) is 1. The van der Waals surface area contributed by atoms with Gasteiger partial charge in [-0.05, 0) is 57.3 Å². The van der Waals surface area contributed by atoms with E-state index < -0.39 is 0 Å². The molecule has 0 radical (unpaired) electrons. The van der Waals surface area contributed by atoms with Crippen LogP contribution >= 0.6 is 0 Å². The molecule has 0 aliphatic heterocycles. The average molecular weight is 484 g/mol. The van der Waals surface area contributed by atoms with Crippen molar-refractivity contribution in [3.8, 4) is 0 Å². The summed E-state index contributed by atoms with van der Waals surface area (Å²) in [5, 5.41) is 3.99. The Morgan fingerprint density at radius 2 is 1.51 bits per heavy atom. The molecule has 2 saturated carbocycles. The van der Waals surface area contributed by atoms with Crippen LogP contribution < -0.4 is 5.32 Å². The van der Waals surface area contributed by atoms with Gasteiger partial charge in [-0.2, -0.15) is 0 Å². The second-order valence-corrected chi connectivity index (χ2v) is 12.9. The van der Waals surface area contributed by atoms with Gasteiger partial charge in [-0.1, -0.05) is 127 Å². The molecule has 0 bridgehead atoms. The molecule has 2 unspecified atom stereocenters. The van der Waals surface area contributed by atoms with Crippen LogP contribution in [0.25, 0.3) is 0 Å². The third-order valence-electron chi connectivity index (χ3n) is 10.4. The molecule has 35 heavy (non-hydrogen) atoms. The Morgan fingerprint density at radius 1 is 0.857 bits per heavy atom. The predicted molar refractivity (Wildman–Crippen MR) is 155 cm³/mol. The normalized spacial score (nSPS) is 31.5. The zero-order valence-corrected chi connectivity index (χ0v) is 23.9. The van der Waals surface area contributed by atoms with Gasteiger partial charge < -0.3 is 5.32 Å². The van der Waals surface area contributed by atoms with Gasteiger partial charge in [0.15, 0.2) is 0 Å². The van der Waals surface area contributed by atoms with Crippen LogP contribution in [0.15, 0.2) is 11.6 Å². The Labute approximate surface area is 219 Å². The summed E-state index contributed by atoms with van der Waals surface area (Å²) in [4.78, 5) is 13.2. The monoisotopic (exact) mass is 483 g/mol. The van der Waals surface area contributed by atoms with Gasteiger partial charge in [0, 0.05) is 12.0 Å². The van der Waals surface area contributed by atoms with Gasteiger partial charge in [0.2, 0.25) is 5.91 Å². The largest absolute Gasteiger partial charge is 0.353 e. The lowest BCUT2D eigenvalue weighted by Gasteiger charge is -2.41. The Morgan fingerprint density at radius 3 is 2.14 bits per heavy atom.